The highest BCUT2D eigenvalue weighted by molar-refractivity contribution is 5.60. The molecule has 2 aliphatic heterocycles. The molecule has 1 unspecified atom stereocenters. The van der Waals surface area contributed by atoms with Gasteiger partial charge in [0.15, 0.2) is 0 Å². The third kappa shape index (κ3) is 2.07. The van der Waals surface area contributed by atoms with Gasteiger partial charge in [-0.15, -0.1) is 0 Å². The highest BCUT2D eigenvalue weighted by Crippen LogP contribution is 2.60. The van der Waals surface area contributed by atoms with E-state index in [1.165, 1.54) is 11.6 Å². The molecule has 0 radical (unpaired) electrons. The summed E-state index contributed by atoms with van der Waals surface area (Å²) >= 11 is 0. The Kier molecular flexibility index (Phi) is 2.84. The van der Waals surface area contributed by atoms with Crippen molar-refractivity contribution in [3.8, 4) is 0 Å². The van der Waals surface area contributed by atoms with E-state index in [-0.39, 0.29) is 30.1 Å². The van der Waals surface area contributed by atoms with Gasteiger partial charge in [0.25, 0.3) is 0 Å². The van der Waals surface area contributed by atoms with Gasteiger partial charge in [-0.1, -0.05) is 30.3 Å². The molecule has 24 heavy (non-hydrogen) atoms. The first kappa shape index (κ1) is 14.3. The molecular weight excluding hydrogens is 315 g/mol. The first-order chi connectivity index (χ1) is 11.5. The zero-order chi connectivity index (χ0) is 16.5. The van der Waals surface area contributed by atoms with Crippen LogP contribution in [0.25, 0.3) is 0 Å². The maximum Gasteiger partial charge on any atom is 0.416 e. The number of ether oxygens (including phenoxy) is 1. The molecule has 1 aliphatic carbocycles. The summed E-state index contributed by atoms with van der Waals surface area (Å²) in [5.74, 6) is 0.311. The normalized spacial score (nSPS) is 33.2. The minimum Gasteiger partial charge on any atom is -0.378 e. The Bertz CT molecular complexity index is 789. The van der Waals surface area contributed by atoms with Gasteiger partial charge >= 0.3 is 6.18 Å². The van der Waals surface area contributed by atoms with E-state index in [1.54, 1.807) is 6.07 Å². The van der Waals surface area contributed by atoms with Gasteiger partial charge in [0, 0.05) is 11.6 Å². The lowest BCUT2D eigenvalue weighted by molar-refractivity contribution is -0.137. The van der Waals surface area contributed by atoms with Crippen LogP contribution in [0.2, 0.25) is 0 Å². The fraction of sp³-hybridized carbons (Fsp3) is 0.368. The molecule has 5 atom stereocenters. The molecule has 0 aromatic heterocycles. The van der Waals surface area contributed by atoms with Crippen LogP contribution >= 0.6 is 0 Å². The average molecular weight is 331 g/mol. The molecule has 0 spiro atoms. The topological polar surface area (TPSA) is 24.6 Å². The van der Waals surface area contributed by atoms with Crippen molar-refractivity contribution < 1.29 is 17.9 Å². The third-order valence-corrected chi connectivity index (χ3v) is 5.58. The minimum absolute atomic E-state index is 0.0405. The summed E-state index contributed by atoms with van der Waals surface area (Å²) in [5, 5.41) is 3.48. The number of benzene rings is 2. The number of fused-ring (bicyclic) bond motifs is 5. The second kappa shape index (κ2) is 4.76. The van der Waals surface area contributed by atoms with Crippen molar-refractivity contribution in [2.75, 3.05) is 5.32 Å². The van der Waals surface area contributed by atoms with Gasteiger partial charge in [-0.25, -0.2) is 0 Å². The molecule has 2 heterocycles. The highest BCUT2D eigenvalue weighted by Gasteiger charge is 2.59. The van der Waals surface area contributed by atoms with Crippen LogP contribution in [-0.4, -0.2) is 12.2 Å². The van der Waals surface area contributed by atoms with Crippen molar-refractivity contribution in [1.82, 2.24) is 0 Å². The molecule has 5 rings (SSSR count). The molecule has 2 aromatic carbocycles. The van der Waals surface area contributed by atoms with E-state index in [1.807, 2.05) is 18.2 Å². The first-order valence-electron chi connectivity index (χ1n) is 8.20. The van der Waals surface area contributed by atoms with Gasteiger partial charge in [-0.3, -0.25) is 0 Å². The molecule has 2 fully saturated rings. The van der Waals surface area contributed by atoms with Crippen LogP contribution in [0.3, 0.4) is 0 Å². The molecular formula is C19H16F3NO. The molecule has 3 aliphatic rings. The summed E-state index contributed by atoms with van der Waals surface area (Å²) in [6.07, 6.45) is -3.14. The molecule has 2 nitrogen and oxygen atoms in total. The second-order valence-corrected chi connectivity index (χ2v) is 6.90. The largest absolute Gasteiger partial charge is 0.416 e. The van der Waals surface area contributed by atoms with Crippen LogP contribution in [0, 0.1) is 5.92 Å². The number of rotatable bonds is 1. The van der Waals surface area contributed by atoms with E-state index < -0.39 is 11.7 Å². The monoisotopic (exact) mass is 331 g/mol. The average Bonchev–Trinajstić information content (AvgIpc) is 3.24. The summed E-state index contributed by atoms with van der Waals surface area (Å²) in [6, 6.07) is 14.3. The zero-order valence-corrected chi connectivity index (χ0v) is 12.8. The Hall–Kier alpha value is -2.01. The van der Waals surface area contributed by atoms with Crippen LogP contribution in [0.15, 0.2) is 48.5 Å². The van der Waals surface area contributed by atoms with Gasteiger partial charge < -0.3 is 10.1 Å². The lowest BCUT2D eigenvalue weighted by atomic mass is 9.76. The number of anilines is 1. The van der Waals surface area contributed by atoms with Crippen LogP contribution in [0.4, 0.5) is 18.9 Å². The smallest absolute Gasteiger partial charge is 0.378 e. The molecule has 124 valence electrons. The lowest BCUT2D eigenvalue weighted by Crippen LogP contribution is -2.32. The molecule has 0 amide bonds. The maximum atomic E-state index is 13.1. The van der Waals surface area contributed by atoms with Crippen molar-refractivity contribution in [2.24, 2.45) is 5.92 Å². The van der Waals surface area contributed by atoms with E-state index in [9.17, 15) is 13.2 Å². The number of hydrogen-bond donors (Lipinski definition) is 1. The fourth-order valence-electron chi connectivity index (χ4n) is 4.48. The summed E-state index contributed by atoms with van der Waals surface area (Å²) in [7, 11) is 0. The number of nitrogens with one attached hydrogen (secondary N) is 1. The summed E-state index contributed by atoms with van der Waals surface area (Å²) in [6.45, 7) is 0. The van der Waals surface area contributed by atoms with Crippen molar-refractivity contribution in [3.05, 3.63) is 65.2 Å². The van der Waals surface area contributed by atoms with Gasteiger partial charge in [0.05, 0.1) is 23.8 Å². The van der Waals surface area contributed by atoms with Gasteiger partial charge in [0.1, 0.15) is 0 Å². The molecule has 2 aromatic rings. The Balaban J connectivity index is 1.60. The van der Waals surface area contributed by atoms with Gasteiger partial charge in [-0.2, -0.15) is 13.2 Å². The minimum atomic E-state index is -4.32. The molecule has 1 N–H and O–H groups in total. The van der Waals surface area contributed by atoms with E-state index >= 15 is 0 Å². The first-order valence-corrected chi connectivity index (χ1v) is 8.20. The number of alkyl halides is 3. The van der Waals surface area contributed by atoms with Gasteiger partial charge in [0.2, 0.25) is 0 Å². The van der Waals surface area contributed by atoms with Crippen molar-refractivity contribution in [2.45, 2.75) is 36.8 Å². The molecule has 1 saturated carbocycles. The second-order valence-electron chi connectivity index (χ2n) is 6.90. The maximum absolute atomic E-state index is 13.1. The number of epoxide rings is 1. The van der Waals surface area contributed by atoms with Crippen molar-refractivity contribution >= 4 is 5.69 Å². The molecule has 1 saturated heterocycles. The van der Waals surface area contributed by atoms with Crippen molar-refractivity contribution in [3.63, 3.8) is 0 Å². The third-order valence-electron chi connectivity index (χ3n) is 5.58. The van der Waals surface area contributed by atoms with E-state index in [0.29, 0.717) is 0 Å². The Labute approximate surface area is 137 Å². The Morgan fingerprint density at radius 1 is 1.04 bits per heavy atom. The van der Waals surface area contributed by atoms with Crippen LogP contribution < -0.4 is 5.32 Å². The van der Waals surface area contributed by atoms with E-state index in [4.69, 9.17) is 4.74 Å². The Morgan fingerprint density at radius 3 is 2.58 bits per heavy atom. The molecule has 5 heteroatoms. The summed E-state index contributed by atoms with van der Waals surface area (Å²) < 4.78 is 45.0. The van der Waals surface area contributed by atoms with Gasteiger partial charge in [-0.05, 0) is 41.7 Å². The van der Waals surface area contributed by atoms with Crippen LogP contribution in [0.1, 0.15) is 35.1 Å². The van der Waals surface area contributed by atoms with Crippen molar-refractivity contribution in [1.29, 1.82) is 0 Å². The quantitative estimate of drug-likeness (QED) is 0.763. The summed E-state index contributed by atoms with van der Waals surface area (Å²) in [4.78, 5) is 0. The highest BCUT2D eigenvalue weighted by atomic mass is 19.4. The predicted molar refractivity (Wildman–Crippen MR) is 83.8 cm³/mol. The fourth-order valence-corrected chi connectivity index (χ4v) is 4.48. The predicted octanol–water partition coefficient (Wildman–Crippen LogP) is 4.74. The molecule has 0 bridgehead atoms. The van der Waals surface area contributed by atoms with E-state index in [0.717, 1.165) is 23.7 Å². The summed E-state index contributed by atoms with van der Waals surface area (Å²) in [5.41, 5.74) is 2.16. The SMILES string of the molecule is FC(F)(F)c1ccc2c(c1)[C@H]1C3O[C@@H]3C[C@H]1[C@@H](c1ccccc1)N2. The number of halogens is 3. The zero-order valence-electron chi connectivity index (χ0n) is 12.8. The van der Waals surface area contributed by atoms with Crippen LogP contribution in [0.5, 0.6) is 0 Å². The standard InChI is InChI=1S/C19H16F3NO/c20-19(21,22)11-6-7-14-12(8-11)16-13(9-15-18(16)24-15)17(23-14)10-4-2-1-3-5-10/h1-8,13,15-18,23H,9H2/t13-,15-,16-,17-,18?/m1/s1. The lowest BCUT2D eigenvalue weighted by Gasteiger charge is -2.39. The Morgan fingerprint density at radius 2 is 1.83 bits per heavy atom. The number of hydrogen-bond acceptors (Lipinski definition) is 2. The van der Waals surface area contributed by atoms with E-state index in [2.05, 4.69) is 17.4 Å². The van der Waals surface area contributed by atoms with Crippen LogP contribution in [-0.2, 0) is 10.9 Å².